The molecule has 3 aromatic carbocycles. The fourth-order valence-electron chi connectivity index (χ4n) is 4.89. The van der Waals surface area contributed by atoms with E-state index in [1.165, 1.54) is 12.1 Å². The van der Waals surface area contributed by atoms with Crippen molar-refractivity contribution in [3.63, 3.8) is 0 Å². The molecule has 0 bridgehead atoms. The van der Waals surface area contributed by atoms with E-state index in [1.54, 1.807) is 43.9 Å². The van der Waals surface area contributed by atoms with Crippen LogP contribution in [0.4, 0.5) is 23.7 Å². The SMILES string of the molecule is CC(C)c1ccc(Cc2ccc(OC(F)(F)F)cc2S(=O)(=O)c2ccccc2N2CCN(C(=O)OC(C)(C)C)CC2)cc1. The topological polar surface area (TPSA) is 76.2 Å². The van der Waals surface area contributed by atoms with Crippen LogP contribution in [0.5, 0.6) is 5.75 Å². The molecule has 0 spiro atoms. The lowest BCUT2D eigenvalue weighted by Crippen LogP contribution is -2.50. The molecule has 0 N–H and O–H groups in total. The number of hydrogen-bond acceptors (Lipinski definition) is 6. The minimum Gasteiger partial charge on any atom is -0.444 e. The van der Waals surface area contributed by atoms with Crippen LogP contribution in [0.25, 0.3) is 0 Å². The van der Waals surface area contributed by atoms with Gasteiger partial charge in [0.1, 0.15) is 11.4 Å². The number of sulfone groups is 1. The van der Waals surface area contributed by atoms with Crippen LogP contribution in [0.3, 0.4) is 0 Å². The number of anilines is 1. The molecule has 3 aromatic rings. The van der Waals surface area contributed by atoms with E-state index in [-0.39, 0.29) is 16.2 Å². The average molecular weight is 619 g/mol. The molecular formula is C32H37F3N2O5S. The number of ether oxygens (including phenoxy) is 2. The number of alkyl halides is 3. The van der Waals surface area contributed by atoms with Crippen LogP contribution in [0, 0.1) is 0 Å². The summed E-state index contributed by atoms with van der Waals surface area (Å²) >= 11 is 0. The largest absolute Gasteiger partial charge is 0.573 e. The summed E-state index contributed by atoms with van der Waals surface area (Å²) in [5.41, 5.74) is 2.04. The van der Waals surface area contributed by atoms with Gasteiger partial charge in [0.2, 0.25) is 9.84 Å². The maximum Gasteiger partial charge on any atom is 0.573 e. The molecule has 7 nitrogen and oxygen atoms in total. The summed E-state index contributed by atoms with van der Waals surface area (Å²) in [6.45, 7) is 10.8. The van der Waals surface area contributed by atoms with Crippen LogP contribution in [-0.2, 0) is 21.0 Å². The maximum atomic E-state index is 14.3. The Balaban J connectivity index is 1.68. The van der Waals surface area contributed by atoms with E-state index in [1.807, 2.05) is 29.2 Å². The van der Waals surface area contributed by atoms with Gasteiger partial charge in [0.05, 0.1) is 15.5 Å². The second kappa shape index (κ2) is 12.5. The van der Waals surface area contributed by atoms with Gasteiger partial charge >= 0.3 is 12.5 Å². The third-order valence-electron chi connectivity index (χ3n) is 7.03. The molecule has 232 valence electrons. The highest BCUT2D eigenvalue weighted by Gasteiger charge is 2.34. The van der Waals surface area contributed by atoms with Gasteiger partial charge in [-0.1, -0.05) is 56.3 Å². The fourth-order valence-corrected chi connectivity index (χ4v) is 6.61. The van der Waals surface area contributed by atoms with E-state index in [4.69, 9.17) is 4.74 Å². The summed E-state index contributed by atoms with van der Waals surface area (Å²) in [5.74, 6) is -0.306. The van der Waals surface area contributed by atoms with Crippen LogP contribution in [0.1, 0.15) is 57.2 Å². The molecule has 1 saturated heterocycles. The van der Waals surface area contributed by atoms with Crippen LogP contribution < -0.4 is 9.64 Å². The Hall–Kier alpha value is -3.73. The quantitative estimate of drug-likeness (QED) is 0.279. The summed E-state index contributed by atoms with van der Waals surface area (Å²) in [6.07, 6.45) is -5.24. The zero-order valence-electron chi connectivity index (χ0n) is 24.9. The van der Waals surface area contributed by atoms with E-state index in [9.17, 15) is 26.4 Å². The summed E-state index contributed by atoms with van der Waals surface area (Å²) in [4.78, 5) is 15.7. The highest BCUT2D eigenvalue weighted by atomic mass is 32.2. The number of amides is 1. The minimum absolute atomic E-state index is 0.0405. The first-order valence-corrected chi connectivity index (χ1v) is 15.6. The molecular weight excluding hydrogens is 581 g/mol. The fraction of sp³-hybridized carbons (Fsp3) is 0.406. The second-order valence-electron chi connectivity index (χ2n) is 11.8. The van der Waals surface area contributed by atoms with E-state index >= 15 is 0 Å². The molecule has 0 saturated carbocycles. The molecule has 1 fully saturated rings. The number of benzene rings is 3. The number of hydrogen-bond donors (Lipinski definition) is 0. The molecule has 0 aromatic heterocycles. The summed E-state index contributed by atoms with van der Waals surface area (Å²) in [5, 5.41) is 0. The van der Waals surface area contributed by atoms with Crippen molar-refractivity contribution in [1.29, 1.82) is 0 Å². The van der Waals surface area contributed by atoms with Crippen LogP contribution in [-0.4, -0.2) is 57.6 Å². The highest BCUT2D eigenvalue weighted by molar-refractivity contribution is 7.91. The van der Waals surface area contributed by atoms with Gasteiger partial charge in [-0.05, 0) is 74.1 Å². The zero-order chi connectivity index (χ0) is 31.6. The second-order valence-corrected chi connectivity index (χ2v) is 13.7. The molecule has 43 heavy (non-hydrogen) atoms. The van der Waals surface area contributed by atoms with Gasteiger partial charge in [-0.2, -0.15) is 0 Å². The van der Waals surface area contributed by atoms with Gasteiger partial charge in [-0.15, -0.1) is 13.2 Å². The third-order valence-corrected chi connectivity index (χ3v) is 8.91. The van der Waals surface area contributed by atoms with Gasteiger partial charge in [0.25, 0.3) is 0 Å². The first-order chi connectivity index (χ1) is 20.0. The van der Waals surface area contributed by atoms with Crippen molar-refractivity contribution < 1.29 is 35.9 Å². The molecule has 0 radical (unpaired) electrons. The zero-order valence-corrected chi connectivity index (χ0v) is 25.8. The lowest BCUT2D eigenvalue weighted by atomic mass is 9.99. The Bertz CT molecular complexity index is 1540. The van der Waals surface area contributed by atoms with E-state index in [2.05, 4.69) is 18.6 Å². The minimum atomic E-state index is -4.99. The molecule has 1 heterocycles. The van der Waals surface area contributed by atoms with Crippen LogP contribution >= 0.6 is 0 Å². The lowest BCUT2D eigenvalue weighted by molar-refractivity contribution is -0.274. The van der Waals surface area contributed by atoms with Crippen molar-refractivity contribution in [1.82, 2.24) is 4.90 Å². The van der Waals surface area contributed by atoms with Gasteiger partial charge in [-0.3, -0.25) is 0 Å². The Labute approximate surface area is 251 Å². The van der Waals surface area contributed by atoms with Crippen molar-refractivity contribution in [2.75, 3.05) is 31.1 Å². The maximum absolute atomic E-state index is 14.3. The Morgan fingerprint density at radius 1 is 0.884 bits per heavy atom. The summed E-state index contributed by atoms with van der Waals surface area (Å²) in [7, 11) is -4.32. The molecule has 0 atom stereocenters. The predicted octanol–water partition coefficient (Wildman–Crippen LogP) is 7.19. The van der Waals surface area contributed by atoms with Crippen LogP contribution in [0.2, 0.25) is 0 Å². The van der Waals surface area contributed by atoms with E-state index in [0.29, 0.717) is 43.3 Å². The highest BCUT2D eigenvalue weighted by Crippen LogP contribution is 2.36. The molecule has 4 rings (SSSR count). The predicted molar refractivity (Wildman–Crippen MR) is 158 cm³/mol. The number of para-hydroxylation sites is 1. The molecule has 0 unspecified atom stereocenters. The Morgan fingerprint density at radius 2 is 1.51 bits per heavy atom. The van der Waals surface area contributed by atoms with Gasteiger partial charge in [0.15, 0.2) is 0 Å². The molecule has 1 aliphatic rings. The van der Waals surface area contributed by atoms with Crippen molar-refractivity contribution >= 4 is 21.6 Å². The Morgan fingerprint density at radius 3 is 2.09 bits per heavy atom. The molecule has 1 amide bonds. The van der Waals surface area contributed by atoms with Crippen molar-refractivity contribution in [3.05, 3.63) is 83.4 Å². The van der Waals surface area contributed by atoms with Crippen molar-refractivity contribution in [3.8, 4) is 5.75 Å². The van der Waals surface area contributed by atoms with E-state index < -0.39 is 33.6 Å². The first-order valence-electron chi connectivity index (χ1n) is 14.1. The number of carbonyl (C=O) groups excluding carboxylic acids is 1. The van der Waals surface area contributed by atoms with E-state index in [0.717, 1.165) is 23.3 Å². The van der Waals surface area contributed by atoms with Gasteiger partial charge in [0, 0.05) is 26.2 Å². The number of halogens is 3. The summed E-state index contributed by atoms with van der Waals surface area (Å²) in [6, 6.07) is 17.5. The van der Waals surface area contributed by atoms with Crippen molar-refractivity contribution in [2.45, 2.75) is 68.7 Å². The first kappa shape index (κ1) is 32.2. The average Bonchev–Trinajstić information content (AvgIpc) is 2.92. The number of nitrogens with zero attached hydrogens (tertiary/aromatic N) is 2. The summed E-state index contributed by atoms with van der Waals surface area (Å²) < 4.78 is 77.4. The van der Waals surface area contributed by atoms with Gasteiger partial charge in [-0.25, -0.2) is 13.2 Å². The number of piperazine rings is 1. The molecule has 0 aliphatic carbocycles. The Kier molecular flexibility index (Phi) is 9.34. The molecule has 11 heteroatoms. The number of rotatable bonds is 7. The molecule has 1 aliphatic heterocycles. The van der Waals surface area contributed by atoms with Crippen LogP contribution in [0.15, 0.2) is 76.5 Å². The third kappa shape index (κ3) is 8.22. The standard InChI is InChI=1S/C32H37F3N2O5S/c1-22(2)24-12-10-23(11-13-24)20-25-14-15-26(41-32(33,34)35)21-29(25)43(39,40)28-9-7-6-8-27(28)36-16-18-37(19-17-36)30(38)42-31(3,4)5/h6-15,21-22H,16-20H2,1-5H3. The normalized spacial score (nSPS) is 14.6. The van der Waals surface area contributed by atoms with Gasteiger partial charge < -0.3 is 19.3 Å². The smallest absolute Gasteiger partial charge is 0.444 e. The monoisotopic (exact) mass is 618 g/mol. The number of carbonyl (C=O) groups is 1. The van der Waals surface area contributed by atoms with Crippen molar-refractivity contribution in [2.24, 2.45) is 0 Å². The lowest BCUT2D eigenvalue weighted by Gasteiger charge is -2.37.